The van der Waals surface area contributed by atoms with Crippen LogP contribution in [0.1, 0.15) is 62.5 Å². The fourth-order valence-electron chi connectivity index (χ4n) is 2.67. The van der Waals surface area contributed by atoms with Crippen LogP contribution in [0.4, 0.5) is 19.4 Å². The van der Waals surface area contributed by atoms with Gasteiger partial charge in [-0.2, -0.15) is 11.8 Å². The Morgan fingerprint density at radius 1 is 0.750 bits per heavy atom. The number of thioether (sulfide) groups is 1. The van der Waals surface area contributed by atoms with Crippen LogP contribution in [-0.4, -0.2) is 23.2 Å². The van der Waals surface area contributed by atoms with Crippen LogP contribution in [0.15, 0.2) is 24.3 Å². The van der Waals surface area contributed by atoms with Gasteiger partial charge in [-0.3, -0.25) is 0 Å². The van der Waals surface area contributed by atoms with E-state index >= 15 is 0 Å². The molecule has 0 bridgehead atoms. The van der Waals surface area contributed by atoms with Gasteiger partial charge in [-0.15, -0.1) is 0 Å². The van der Waals surface area contributed by atoms with Crippen molar-refractivity contribution in [2.24, 2.45) is 0 Å². The van der Waals surface area contributed by atoms with Crippen molar-refractivity contribution in [3.05, 3.63) is 35.4 Å². The fraction of sp³-hybridized carbons (Fsp3) is 0.600. The zero-order chi connectivity index (χ0) is 21.0. The molecular weight excluding hydrogens is 415 g/mol. The van der Waals surface area contributed by atoms with Gasteiger partial charge in [0.2, 0.25) is 0 Å². The summed E-state index contributed by atoms with van der Waals surface area (Å²) in [4.78, 5) is 0. The third kappa shape index (κ3) is 15.1. The Balaban J connectivity index is 2.13. The number of hydrogen-bond donors (Lipinski definition) is 1. The first kappa shape index (κ1) is 25.1. The van der Waals surface area contributed by atoms with Crippen molar-refractivity contribution in [3.63, 3.8) is 0 Å². The van der Waals surface area contributed by atoms with E-state index in [1.165, 1.54) is 50.2 Å². The molecule has 0 aliphatic rings. The van der Waals surface area contributed by atoms with Gasteiger partial charge in [0.05, 0.1) is 11.9 Å². The molecule has 0 atom stereocenters. The molecule has 0 aliphatic heterocycles. The molecule has 0 fully saturated rings. The molecule has 1 N–H and O–H groups in total. The van der Waals surface area contributed by atoms with Crippen molar-refractivity contribution in [1.29, 1.82) is 0 Å². The lowest BCUT2D eigenvalue weighted by Crippen LogP contribution is -2.00. The minimum atomic E-state index is -9.67. The maximum Gasteiger partial charge on any atom is 0.345 e. The Hall–Kier alpha value is -0.910. The van der Waals surface area contributed by atoms with E-state index in [2.05, 4.69) is 0 Å². The Kier molecular flexibility index (Phi) is 9.65. The van der Waals surface area contributed by atoms with Gasteiger partial charge >= 0.3 is 10.2 Å². The van der Waals surface area contributed by atoms with E-state index in [-0.39, 0.29) is 17.4 Å². The molecule has 0 aromatic heterocycles. The Bertz CT molecular complexity index is 633. The van der Waals surface area contributed by atoms with Crippen LogP contribution in [0.3, 0.4) is 0 Å². The summed E-state index contributed by atoms with van der Waals surface area (Å²) in [6.45, 7) is 0.251. The number of benzene rings is 1. The highest BCUT2D eigenvalue weighted by Crippen LogP contribution is 2.97. The lowest BCUT2D eigenvalue weighted by molar-refractivity contribution is 0.322. The van der Waals surface area contributed by atoms with Crippen LogP contribution in [0.25, 0.3) is 0 Å². The van der Waals surface area contributed by atoms with Crippen LogP contribution < -0.4 is 0 Å². The van der Waals surface area contributed by atoms with E-state index in [1.807, 2.05) is 0 Å². The largest absolute Gasteiger partial charge is 0.396 e. The summed E-state index contributed by atoms with van der Waals surface area (Å²) in [5.41, 5.74) is 0.907. The quantitative estimate of drug-likeness (QED) is 0.191. The molecule has 0 spiro atoms. The highest BCUT2D eigenvalue weighted by molar-refractivity contribution is 8.49. The summed E-state index contributed by atoms with van der Waals surface area (Å²) in [6.07, 6.45) is 10.2. The lowest BCUT2D eigenvalue weighted by atomic mass is 10.0. The standard InChI is InChI=1S/C20H29F5OS2/c21-28(22,23,24,25)18-14-20-12-10-19(11-13-20)9-7-5-3-1-2-4-6-8-16-27-17-15-26/h10-13,26H,1-9,15-17H2. The van der Waals surface area contributed by atoms with E-state index in [0.717, 1.165) is 42.8 Å². The van der Waals surface area contributed by atoms with Crippen molar-refractivity contribution in [1.82, 2.24) is 0 Å². The number of aliphatic hydroxyl groups is 1. The molecule has 0 unspecified atom stereocenters. The van der Waals surface area contributed by atoms with E-state index in [9.17, 15) is 19.4 Å². The molecule has 28 heavy (non-hydrogen) atoms. The van der Waals surface area contributed by atoms with Gasteiger partial charge in [0, 0.05) is 11.3 Å². The van der Waals surface area contributed by atoms with Gasteiger partial charge < -0.3 is 5.11 Å². The summed E-state index contributed by atoms with van der Waals surface area (Å²) < 4.78 is 61.0. The predicted molar refractivity (Wildman–Crippen MR) is 112 cm³/mol. The van der Waals surface area contributed by atoms with Crippen molar-refractivity contribution >= 4 is 22.0 Å². The summed E-state index contributed by atoms with van der Waals surface area (Å²) in [7, 11) is -9.67. The average molecular weight is 445 g/mol. The summed E-state index contributed by atoms with van der Waals surface area (Å²) >= 11 is 1.79. The van der Waals surface area contributed by atoms with Crippen LogP contribution >= 0.6 is 22.0 Å². The molecule has 1 rings (SSSR count). The number of hydrogen-bond acceptors (Lipinski definition) is 2. The van der Waals surface area contributed by atoms with Crippen LogP contribution in [-0.2, 0) is 6.42 Å². The maximum atomic E-state index is 12.2. The summed E-state index contributed by atoms with van der Waals surface area (Å²) in [5.74, 6) is 3.46. The summed E-state index contributed by atoms with van der Waals surface area (Å²) in [5, 5.41) is 8.90. The number of unbranched alkanes of at least 4 members (excludes halogenated alkanes) is 7. The summed E-state index contributed by atoms with van der Waals surface area (Å²) in [6, 6.07) is 5.99. The first-order valence-electron chi connectivity index (χ1n) is 9.54. The predicted octanol–water partition coefficient (Wildman–Crippen LogP) is 7.68. The smallest absolute Gasteiger partial charge is 0.345 e. The molecule has 1 nitrogen and oxygen atoms in total. The zero-order valence-corrected chi connectivity index (χ0v) is 17.6. The third-order valence-electron chi connectivity index (χ3n) is 4.08. The van der Waals surface area contributed by atoms with Crippen molar-refractivity contribution in [2.75, 3.05) is 18.1 Å². The van der Waals surface area contributed by atoms with Crippen molar-refractivity contribution < 1.29 is 24.5 Å². The van der Waals surface area contributed by atoms with Crippen LogP contribution in [0, 0.1) is 11.2 Å². The lowest BCUT2D eigenvalue weighted by Gasteiger charge is -2.33. The second-order valence-corrected chi connectivity index (χ2v) is 10.2. The van der Waals surface area contributed by atoms with Gasteiger partial charge in [-0.25, -0.2) is 0 Å². The second-order valence-electron chi connectivity index (χ2n) is 6.81. The minimum absolute atomic E-state index is 0.0632. The molecule has 1 aromatic rings. The van der Waals surface area contributed by atoms with Gasteiger partial charge in [-0.1, -0.05) is 70.1 Å². The van der Waals surface area contributed by atoms with Crippen LogP contribution in [0.2, 0.25) is 0 Å². The molecular formula is C20H29F5OS2. The first-order valence-corrected chi connectivity index (χ1v) is 12.7. The topological polar surface area (TPSA) is 20.2 Å². The number of aliphatic hydroxyl groups excluding tert-OH is 1. The molecule has 0 amide bonds. The normalized spacial score (nSPS) is 14.1. The highest BCUT2D eigenvalue weighted by atomic mass is 32.5. The minimum Gasteiger partial charge on any atom is -0.396 e. The van der Waals surface area contributed by atoms with E-state index in [1.54, 1.807) is 23.9 Å². The third-order valence-corrected chi connectivity index (χ3v) is 5.62. The number of rotatable bonds is 13. The average Bonchev–Trinajstić information content (AvgIpc) is 2.60. The van der Waals surface area contributed by atoms with Gasteiger partial charge in [0.15, 0.2) is 0 Å². The highest BCUT2D eigenvalue weighted by Gasteiger charge is 2.62. The SMILES string of the molecule is OCCSCCCCCCCCCCc1ccc(C#CS(F)(F)(F)(F)F)cc1. The fourth-order valence-corrected chi connectivity index (χ4v) is 3.72. The molecule has 1 aromatic carbocycles. The second kappa shape index (κ2) is 10.7. The molecule has 162 valence electrons. The maximum absolute atomic E-state index is 12.2. The first-order chi connectivity index (χ1) is 13.0. The molecule has 0 saturated heterocycles. The van der Waals surface area contributed by atoms with Gasteiger partial charge in [-0.05, 0) is 48.6 Å². The zero-order valence-electron chi connectivity index (χ0n) is 15.9. The monoisotopic (exact) mass is 444 g/mol. The molecule has 8 heteroatoms. The Morgan fingerprint density at radius 2 is 1.29 bits per heavy atom. The number of aryl methyl sites for hydroxylation is 1. The molecule has 0 saturated carbocycles. The Labute approximate surface area is 169 Å². The van der Waals surface area contributed by atoms with Crippen LogP contribution in [0.5, 0.6) is 0 Å². The Morgan fingerprint density at radius 3 is 1.82 bits per heavy atom. The van der Waals surface area contributed by atoms with Crippen molar-refractivity contribution in [3.8, 4) is 11.2 Å². The van der Waals surface area contributed by atoms with Crippen molar-refractivity contribution in [2.45, 2.75) is 57.8 Å². The van der Waals surface area contributed by atoms with E-state index < -0.39 is 10.2 Å². The molecule has 0 aliphatic carbocycles. The van der Waals surface area contributed by atoms with Gasteiger partial charge in [0.1, 0.15) is 0 Å². The van der Waals surface area contributed by atoms with E-state index in [4.69, 9.17) is 5.11 Å². The number of halogens is 5. The molecule has 0 heterocycles. The van der Waals surface area contributed by atoms with E-state index in [0.29, 0.717) is 0 Å². The molecule has 0 radical (unpaired) electrons. The van der Waals surface area contributed by atoms with Gasteiger partial charge in [0.25, 0.3) is 0 Å².